The van der Waals surface area contributed by atoms with Crippen molar-refractivity contribution >= 4 is 12.0 Å². The molecule has 0 fully saturated rings. The van der Waals surface area contributed by atoms with E-state index in [0.717, 1.165) is 34.8 Å². The molecule has 2 heterocycles. The minimum absolute atomic E-state index is 0.0684. The summed E-state index contributed by atoms with van der Waals surface area (Å²) in [5.74, 6) is 2.34. The summed E-state index contributed by atoms with van der Waals surface area (Å²) in [6.07, 6.45) is 3.43. The van der Waals surface area contributed by atoms with Crippen molar-refractivity contribution in [3.8, 4) is 17.2 Å². The lowest BCUT2D eigenvalue weighted by atomic mass is 10.1. The van der Waals surface area contributed by atoms with Gasteiger partial charge in [-0.15, -0.1) is 0 Å². The molecule has 0 atom stereocenters. The van der Waals surface area contributed by atoms with Crippen molar-refractivity contribution in [3.05, 3.63) is 23.3 Å². The second-order valence-electron chi connectivity index (χ2n) is 5.12. The van der Waals surface area contributed by atoms with E-state index < -0.39 is 0 Å². The SMILES string of the molecule is CCCC(=O)NCC1=Cc2c(ccc3c2OCCO3)OC1. The summed E-state index contributed by atoms with van der Waals surface area (Å²) in [4.78, 5) is 11.5. The number of hydrogen-bond donors (Lipinski definition) is 1. The molecule has 0 aromatic heterocycles. The lowest BCUT2D eigenvalue weighted by Crippen LogP contribution is -2.27. The standard InChI is InChI=1S/C16H19NO4/c1-2-3-15(18)17-9-11-8-12-13(21-10-11)4-5-14-16(12)20-7-6-19-14/h4-5,8H,2-3,6-7,9-10H2,1H3,(H,17,18). The molecule has 0 radical (unpaired) electrons. The van der Waals surface area contributed by atoms with Gasteiger partial charge in [0.05, 0.1) is 5.56 Å². The summed E-state index contributed by atoms with van der Waals surface area (Å²) in [5, 5.41) is 2.90. The Hall–Kier alpha value is -2.17. The van der Waals surface area contributed by atoms with Gasteiger partial charge >= 0.3 is 0 Å². The van der Waals surface area contributed by atoms with Crippen LogP contribution in [0.2, 0.25) is 0 Å². The van der Waals surface area contributed by atoms with Crippen molar-refractivity contribution in [2.75, 3.05) is 26.4 Å². The van der Waals surface area contributed by atoms with Crippen LogP contribution >= 0.6 is 0 Å². The highest BCUT2D eigenvalue weighted by Gasteiger charge is 2.22. The van der Waals surface area contributed by atoms with Crippen LogP contribution in [-0.2, 0) is 4.79 Å². The molecule has 21 heavy (non-hydrogen) atoms. The van der Waals surface area contributed by atoms with E-state index in [9.17, 15) is 4.79 Å². The van der Waals surface area contributed by atoms with Crippen molar-refractivity contribution in [2.24, 2.45) is 0 Å². The van der Waals surface area contributed by atoms with Gasteiger partial charge in [-0.25, -0.2) is 0 Å². The van der Waals surface area contributed by atoms with Gasteiger partial charge in [0.15, 0.2) is 11.5 Å². The second kappa shape index (κ2) is 6.08. The minimum Gasteiger partial charge on any atom is -0.488 e. The summed E-state index contributed by atoms with van der Waals surface area (Å²) in [5.41, 5.74) is 1.92. The largest absolute Gasteiger partial charge is 0.488 e. The van der Waals surface area contributed by atoms with Gasteiger partial charge in [0.25, 0.3) is 0 Å². The average Bonchev–Trinajstić information content (AvgIpc) is 2.53. The number of amides is 1. The predicted molar refractivity (Wildman–Crippen MR) is 78.8 cm³/mol. The summed E-state index contributed by atoms with van der Waals surface area (Å²) >= 11 is 0. The van der Waals surface area contributed by atoms with Crippen LogP contribution in [0.5, 0.6) is 17.2 Å². The maximum absolute atomic E-state index is 11.5. The number of ether oxygens (including phenoxy) is 3. The van der Waals surface area contributed by atoms with Crippen molar-refractivity contribution in [2.45, 2.75) is 19.8 Å². The highest BCUT2D eigenvalue weighted by molar-refractivity contribution is 5.77. The van der Waals surface area contributed by atoms with Crippen molar-refractivity contribution in [1.29, 1.82) is 0 Å². The van der Waals surface area contributed by atoms with Crippen LogP contribution < -0.4 is 19.5 Å². The van der Waals surface area contributed by atoms with E-state index in [0.29, 0.717) is 32.8 Å². The molecule has 5 heteroatoms. The van der Waals surface area contributed by atoms with E-state index in [4.69, 9.17) is 14.2 Å². The van der Waals surface area contributed by atoms with Crippen molar-refractivity contribution in [1.82, 2.24) is 5.32 Å². The maximum Gasteiger partial charge on any atom is 0.220 e. The lowest BCUT2D eigenvalue weighted by molar-refractivity contribution is -0.120. The molecule has 3 rings (SSSR count). The van der Waals surface area contributed by atoms with Crippen LogP contribution in [0, 0.1) is 0 Å². The first-order valence-corrected chi connectivity index (χ1v) is 7.29. The molecule has 112 valence electrons. The van der Waals surface area contributed by atoms with Crippen LogP contribution in [0.4, 0.5) is 0 Å². The first kappa shape index (κ1) is 13.8. The first-order valence-electron chi connectivity index (χ1n) is 7.29. The third kappa shape index (κ3) is 2.96. The topological polar surface area (TPSA) is 56.8 Å². The Labute approximate surface area is 123 Å². The van der Waals surface area contributed by atoms with Crippen LogP contribution in [-0.4, -0.2) is 32.3 Å². The van der Waals surface area contributed by atoms with Crippen LogP contribution in [0.1, 0.15) is 25.3 Å². The maximum atomic E-state index is 11.5. The smallest absolute Gasteiger partial charge is 0.220 e. The highest BCUT2D eigenvalue weighted by Crippen LogP contribution is 2.42. The fraction of sp³-hybridized carbons (Fsp3) is 0.438. The minimum atomic E-state index is 0.0684. The Kier molecular flexibility index (Phi) is 3.99. The Morgan fingerprint density at radius 2 is 2.00 bits per heavy atom. The number of carbonyl (C=O) groups excluding carboxylic acids is 1. The van der Waals surface area contributed by atoms with Crippen LogP contribution in [0.25, 0.3) is 6.08 Å². The zero-order valence-corrected chi connectivity index (χ0v) is 12.1. The number of hydrogen-bond acceptors (Lipinski definition) is 4. The molecule has 2 aliphatic heterocycles. The number of nitrogens with one attached hydrogen (secondary N) is 1. The molecule has 1 N–H and O–H groups in total. The molecule has 0 aliphatic carbocycles. The number of fused-ring (bicyclic) bond motifs is 3. The molecule has 0 saturated heterocycles. The monoisotopic (exact) mass is 289 g/mol. The Morgan fingerprint density at radius 1 is 1.19 bits per heavy atom. The van der Waals surface area contributed by atoms with Gasteiger partial charge in [0.1, 0.15) is 25.6 Å². The van der Waals surface area contributed by atoms with Gasteiger partial charge in [-0.3, -0.25) is 4.79 Å². The Morgan fingerprint density at radius 3 is 2.86 bits per heavy atom. The zero-order valence-electron chi connectivity index (χ0n) is 12.1. The van der Waals surface area contributed by atoms with E-state index >= 15 is 0 Å². The zero-order chi connectivity index (χ0) is 14.7. The molecule has 5 nitrogen and oxygen atoms in total. The molecule has 1 aromatic rings. The quantitative estimate of drug-likeness (QED) is 0.922. The first-order chi connectivity index (χ1) is 10.3. The van der Waals surface area contributed by atoms with Gasteiger partial charge in [-0.1, -0.05) is 6.92 Å². The van der Waals surface area contributed by atoms with E-state index in [1.54, 1.807) is 0 Å². The van der Waals surface area contributed by atoms with E-state index in [1.165, 1.54) is 0 Å². The van der Waals surface area contributed by atoms with Gasteiger partial charge in [0.2, 0.25) is 5.91 Å². The molecule has 0 unspecified atom stereocenters. The third-order valence-electron chi connectivity index (χ3n) is 3.46. The summed E-state index contributed by atoms with van der Waals surface area (Å²) in [6, 6.07) is 3.76. The fourth-order valence-electron chi connectivity index (χ4n) is 2.43. The van der Waals surface area contributed by atoms with Gasteiger partial charge in [-0.05, 0) is 30.2 Å². The highest BCUT2D eigenvalue weighted by atomic mass is 16.6. The molecular weight excluding hydrogens is 270 g/mol. The molecule has 1 aromatic carbocycles. The number of rotatable bonds is 4. The lowest BCUT2D eigenvalue weighted by Gasteiger charge is -2.25. The van der Waals surface area contributed by atoms with Gasteiger partial charge < -0.3 is 19.5 Å². The third-order valence-corrected chi connectivity index (χ3v) is 3.46. The van der Waals surface area contributed by atoms with Gasteiger partial charge in [-0.2, -0.15) is 0 Å². The summed E-state index contributed by atoms with van der Waals surface area (Å²) < 4.78 is 17.0. The van der Waals surface area contributed by atoms with E-state index in [1.807, 2.05) is 25.1 Å². The molecule has 0 bridgehead atoms. The molecule has 1 amide bonds. The van der Waals surface area contributed by atoms with Crippen LogP contribution in [0.3, 0.4) is 0 Å². The average molecular weight is 289 g/mol. The van der Waals surface area contributed by atoms with Crippen molar-refractivity contribution < 1.29 is 19.0 Å². The summed E-state index contributed by atoms with van der Waals surface area (Å²) in [6.45, 7) is 4.08. The van der Waals surface area contributed by atoms with Crippen molar-refractivity contribution in [3.63, 3.8) is 0 Å². The number of carbonyl (C=O) groups is 1. The fourth-order valence-corrected chi connectivity index (χ4v) is 2.43. The predicted octanol–water partition coefficient (Wildman–Crippen LogP) is 2.15. The number of benzene rings is 1. The van der Waals surface area contributed by atoms with Gasteiger partial charge in [0, 0.05) is 13.0 Å². The molecular formula is C16H19NO4. The molecule has 0 saturated carbocycles. The summed E-state index contributed by atoms with van der Waals surface area (Å²) in [7, 11) is 0. The normalized spacial score (nSPS) is 15.6. The Bertz CT molecular complexity index is 580. The second-order valence-corrected chi connectivity index (χ2v) is 5.12. The van der Waals surface area contributed by atoms with Crippen LogP contribution in [0.15, 0.2) is 17.7 Å². The van der Waals surface area contributed by atoms with E-state index in [-0.39, 0.29) is 5.91 Å². The Balaban J connectivity index is 1.78. The molecule has 0 spiro atoms. The molecule has 2 aliphatic rings. The van der Waals surface area contributed by atoms with E-state index in [2.05, 4.69) is 5.32 Å².